The van der Waals surface area contributed by atoms with Crippen LogP contribution in [0.4, 0.5) is 0 Å². The molecule has 2 aliphatic heterocycles. The molecule has 0 radical (unpaired) electrons. The number of ether oxygens (including phenoxy) is 2. The fraction of sp³-hybridized carbons (Fsp3) is 0.900. The first kappa shape index (κ1) is 9.93. The van der Waals surface area contributed by atoms with E-state index in [4.69, 9.17) is 9.47 Å². The molecule has 0 saturated carbocycles. The zero-order valence-corrected chi connectivity index (χ0v) is 9.00. The lowest BCUT2D eigenvalue weighted by Gasteiger charge is -2.53. The molecule has 0 aliphatic carbocycles. The molecule has 0 aromatic heterocycles. The molecule has 2 fully saturated rings. The first-order valence-electron chi connectivity index (χ1n) is 4.96. The maximum Gasteiger partial charge on any atom is 0.219 e. The van der Waals surface area contributed by atoms with Crippen LogP contribution in [0.5, 0.6) is 0 Å². The standard InChI is InChI=1S/C10H17NO3/c1-8(12)11-4-10(5-11)6-13-9(2,3)14-7-10/h4-7H2,1-3H3. The van der Waals surface area contributed by atoms with Crippen molar-refractivity contribution in [2.45, 2.75) is 26.6 Å². The molecule has 80 valence electrons. The van der Waals surface area contributed by atoms with Gasteiger partial charge in [0.1, 0.15) is 0 Å². The molecule has 0 atom stereocenters. The smallest absolute Gasteiger partial charge is 0.219 e. The van der Waals surface area contributed by atoms with E-state index in [1.165, 1.54) is 0 Å². The fourth-order valence-electron chi connectivity index (χ4n) is 1.91. The van der Waals surface area contributed by atoms with E-state index in [0.29, 0.717) is 13.2 Å². The zero-order chi connectivity index (χ0) is 10.4. The third-order valence-electron chi connectivity index (χ3n) is 2.95. The van der Waals surface area contributed by atoms with Crippen molar-refractivity contribution in [1.82, 2.24) is 4.90 Å². The average Bonchev–Trinajstić information content (AvgIpc) is 2.00. The summed E-state index contributed by atoms with van der Waals surface area (Å²) in [7, 11) is 0. The summed E-state index contributed by atoms with van der Waals surface area (Å²) in [6.07, 6.45) is 0. The molecule has 1 amide bonds. The quantitative estimate of drug-likeness (QED) is 0.574. The molecule has 1 spiro atoms. The topological polar surface area (TPSA) is 38.8 Å². The van der Waals surface area contributed by atoms with E-state index in [2.05, 4.69) is 0 Å². The number of rotatable bonds is 0. The van der Waals surface area contributed by atoms with Gasteiger partial charge in [0.15, 0.2) is 5.79 Å². The Balaban J connectivity index is 1.89. The number of likely N-dealkylation sites (tertiary alicyclic amines) is 1. The maximum absolute atomic E-state index is 11.0. The minimum Gasteiger partial charge on any atom is -0.350 e. The highest BCUT2D eigenvalue weighted by atomic mass is 16.7. The third-order valence-corrected chi connectivity index (χ3v) is 2.95. The van der Waals surface area contributed by atoms with Crippen LogP contribution < -0.4 is 0 Å². The molecular formula is C10H17NO3. The first-order valence-corrected chi connectivity index (χ1v) is 4.96. The van der Waals surface area contributed by atoms with Crippen LogP contribution in [0.15, 0.2) is 0 Å². The molecule has 0 aromatic rings. The second-order valence-electron chi connectivity index (χ2n) is 4.85. The van der Waals surface area contributed by atoms with Crippen molar-refractivity contribution in [3.05, 3.63) is 0 Å². The van der Waals surface area contributed by atoms with E-state index in [9.17, 15) is 4.79 Å². The molecule has 14 heavy (non-hydrogen) atoms. The SMILES string of the molecule is CC(=O)N1CC2(COC(C)(C)OC2)C1. The summed E-state index contributed by atoms with van der Waals surface area (Å²) in [6.45, 7) is 8.38. The number of carbonyl (C=O) groups excluding carboxylic acids is 1. The van der Waals surface area contributed by atoms with Crippen molar-refractivity contribution in [1.29, 1.82) is 0 Å². The first-order chi connectivity index (χ1) is 6.43. The Labute approximate surface area is 84.2 Å². The van der Waals surface area contributed by atoms with Gasteiger partial charge in [-0.1, -0.05) is 0 Å². The number of hydrogen-bond donors (Lipinski definition) is 0. The van der Waals surface area contributed by atoms with Gasteiger partial charge in [-0.25, -0.2) is 0 Å². The Kier molecular flexibility index (Phi) is 2.08. The molecule has 0 bridgehead atoms. The van der Waals surface area contributed by atoms with Crippen LogP contribution in [0, 0.1) is 5.41 Å². The Hall–Kier alpha value is -0.610. The van der Waals surface area contributed by atoms with Crippen LogP contribution in [0.25, 0.3) is 0 Å². The van der Waals surface area contributed by atoms with Crippen LogP contribution in [0.2, 0.25) is 0 Å². The van der Waals surface area contributed by atoms with Crippen LogP contribution >= 0.6 is 0 Å². The highest BCUT2D eigenvalue weighted by Gasteiger charge is 2.49. The Morgan fingerprint density at radius 2 is 1.71 bits per heavy atom. The number of amides is 1. The second-order valence-corrected chi connectivity index (χ2v) is 4.85. The van der Waals surface area contributed by atoms with Gasteiger partial charge < -0.3 is 14.4 Å². The zero-order valence-electron chi connectivity index (χ0n) is 9.00. The van der Waals surface area contributed by atoms with Gasteiger partial charge in [0, 0.05) is 20.0 Å². The molecule has 2 saturated heterocycles. The van der Waals surface area contributed by atoms with Crippen LogP contribution in [-0.4, -0.2) is 42.9 Å². The van der Waals surface area contributed by atoms with E-state index < -0.39 is 5.79 Å². The predicted octanol–water partition coefficient (Wildman–Crippen LogP) is 0.618. The van der Waals surface area contributed by atoms with Crippen molar-refractivity contribution in [3.63, 3.8) is 0 Å². The van der Waals surface area contributed by atoms with Crippen molar-refractivity contribution in [3.8, 4) is 0 Å². The van der Waals surface area contributed by atoms with Gasteiger partial charge in [-0.15, -0.1) is 0 Å². The van der Waals surface area contributed by atoms with E-state index in [-0.39, 0.29) is 11.3 Å². The molecule has 2 heterocycles. The molecule has 4 nitrogen and oxygen atoms in total. The third kappa shape index (κ3) is 1.64. The van der Waals surface area contributed by atoms with E-state index in [1.54, 1.807) is 6.92 Å². The highest BCUT2D eigenvalue weighted by molar-refractivity contribution is 5.74. The lowest BCUT2D eigenvalue weighted by Crippen LogP contribution is -2.65. The van der Waals surface area contributed by atoms with Gasteiger partial charge in [-0.2, -0.15) is 0 Å². The molecule has 0 N–H and O–H groups in total. The van der Waals surface area contributed by atoms with Gasteiger partial charge >= 0.3 is 0 Å². The summed E-state index contributed by atoms with van der Waals surface area (Å²) in [5.41, 5.74) is 0.0706. The van der Waals surface area contributed by atoms with Gasteiger partial charge in [-0.3, -0.25) is 4.79 Å². The predicted molar refractivity (Wildman–Crippen MR) is 50.7 cm³/mol. The Morgan fingerprint density at radius 3 is 2.14 bits per heavy atom. The summed E-state index contributed by atoms with van der Waals surface area (Å²) in [4.78, 5) is 12.8. The minimum absolute atomic E-state index is 0.0706. The number of carbonyl (C=O) groups is 1. The van der Waals surface area contributed by atoms with Gasteiger partial charge in [0.05, 0.1) is 18.6 Å². The lowest BCUT2D eigenvalue weighted by molar-refractivity contribution is -0.302. The van der Waals surface area contributed by atoms with Crippen LogP contribution in [-0.2, 0) is 14.3 Å². The molecule has 2 rings (SSSR count). The summed E-state index contributed by atoms with van der Waals surface area (Å²) >= 11 is 0. The van der Waals surface area contributed by atoms with Crippen molar-refractivity contribution >= 4 is 5.91 Å². The Bertz CT molecular complexity index is 244. The Morgan fingerprint density at radius 1 is 1.21 bits per heavy atom. The van der Waals surface area contributed by atoms with Crippen molar-refractivity contribution in [2.24, 2.45) is 5.41 Å². The van der Waals surface area contributed by atoms with E-state index >= 15 is 0 Å². The van der Waals surface area contributed by atoms with Gasteiger partial charge in [0.2, 0.25) is 5.91 Å². The maximum atomic E-state index is 11.0. The fourth-order valence-corrected chi connectivity index (χ4v) is 1.91. The second kappa shape index (κ2) is 2.94. The molecular weight excluding hydrogens is 182 g/mol. The normalized spacial score (nSPS) is 28.6. The largest absolute Gasteiger partial charge is 0.350 e. The van der Waals surface area contributed by atoms with Crippen LogP contribution in [0.3, 0.4) is 0 Å². The van der Waals surface area contributed by atoms with E-state index in [0.717, 1.165) is 13.1 Å². The molecule has 4 heteroatoms. The summed E-state index contributed by atoms with van der Waals surface area (Å²) in [6, 6.07) is 0. The molecule has 0 unspecified atom stereocenters. The van der Waals surface area contributed by atoms with Crippen molar-refractivity contribution < 1.29 is 14.3 Å². The minimum atomic E-state index is -0.456. The van der Waals surface area contributed by atoms with Crippen LogP contribution in [0.1, 0.15) is 20.8 Å². The molecule has 2 aliphatic rings. The summed E-state index contributed by atoms with van der Waals surface area (Å²) in [5, 5.41) is 0. The number of hydrogen-bond acceptors (Lipinski definition) is 3. The van der Waals surface area contributed by atoms with Crippen molar-refractivity contribution in [2.75, 3.05) is 26.3 Å². The lowest BCUT2D eigenvalue weighted by atomic mass is 9.80. The van der Waals surface area contributed by atoms with Gasteiger partial charge in [0.25, 0.3) is 0 Å². The van der Waals surface area contributed by atoms with E-state index in [1.807, 2.05) is 18.7 Å². The highest BCUT2D eigenvalue weighted by Crippen LogP contribution is 2.37. The number of nitrogens with zero attached hydrogens (tertiary/aromatic N) is 1. The average molecular weight is 199 g/mol. The summed E-state index contributed by atoms with van der Waals surface area (Å²) < 4.78 is 11.2. The summed E-state index contributed by atoms with van der Waals surface area (Å²) in [5.74, 6) is -0.317. The van der Waals surface area contributed by atoms with Gasteiger partial charge in [-0.05, 0) is 13.8 Å². The molecule has 0 aromatic carbocycles. The monoisotopic (exact) mass is 199 g/mol.